The highest BCUT2D eigenvalue weighted by molar-refractivity contribution is 7.98. The summed E-state index contributed by atoms with van der Waals surface area (Å²) in [5.74, 6) is 1.89. The fourth-order valence-corrected chi connectivity index (χ4v) is 4.75. The minimum absolute atomic E-state index is 0.0902. The molecule has 170 valence electrons. The van der Waals surface area contributed by atoms with Crippen LogP contribution in [0.3, 0.4) is 0 Å². The number of anilines is 1. The Morgan fingerprint density at radius 3 is 2.35 bits per heavy atom. The molecule has 0 saturated carbocycles. The third-order valence-corrected chi connectivity index (χ3v) is 6.57. The third kappa shape index (κ3) is 4.22. The second-order valence-electron chi connectivity index (χ2n) is 8.14. The van der Waals surface area contributed by atoms with Crippen LogP contribution >= 0.6 is 11.8 Å². The van der Waals surface area contributed by atoms with E-state index in [1.54, 1.807) is 4.57 Å². The molecule has 0 bridgehead atoms. The molecular formula is C27H24N4O2S. The highest BCUT2D eigenvalue weighted by Gasteiger charge is 2.17. The number of para-hydroxylation sites is 1. The molecule has 0 spiro atoms. The molecule has 0 atom stereocenters. The summed E-state index contributed by atoms with van der Waals surface area (Å²) in [5.41, 5.74) is 4.19. The summed E-state index contributed by atoms with van der Waals surface area (Å²) in [6, 6.07) is 25.2. The zero-order valence-corrected chi connectivity index (χ0v) is 20.0. The summed E-state index contributed by atoms with van der Waals surface area (Å²) in [5, 5.41) is 1.21. The predicted octanol–water partition coefficient (Wildman–Crippen LogP) is 5.71. The quantitative estimate of drug-likeness (QED) is 0.235. The first kappa shape index (κ1) is 22.0. The predicted molar refractivity (Wildman–Crippen MR) is 138 cm³/mol. The molecule has 6 nitrogen and oxygen atoms in total. The van der Waals surface area contributed by atoms with Crippen LogP contribution in [0.4, 0.5) is 5.69 Å². The second-order valence-corrected chi connectivity index (χ2v) is 9.08. The first-order chi connectivity index (χ1) is 16.5. The van der Waals surface area contributed by atoms with Crippen molar-refractivity contribution in [2.45, 2.75) is 17.8 Å². The van der Waals surface area contributed by atoms with Gasteiger partial charge in [-0.2, -0.15) is 0 Å². The van der Waals surface area contributed by atoms with Crippen molar-refractivity contribution in [2.75, 3.05) is 19.0 Å². The molecule has 0 aliphatic rings. The number of benzene rings is 3. The lowest BCUT2D eigenvalue weighted by molar-refractivity contribution is 0.540. The third-order valence-electron chi connectivity index (χ3n) is 5.62. The number of nitrogens with zero attached hydrogens (tertiary/aromatic N) is 4. The first-order valence-corrected chi connectivity index (χ1v) is 11.9. The highest BCUT2D eigenvalue weighted by Crippen LogP contribution is 2.28. The van der Waals surface area contributed by atoms with Gasteiger partial charge in [-0.15, -0.1) is 0 Å². The van der Waals surface area contributed by atoms with Crippen molar-refractivity contribution < 1.29 is 4.42 Å². The zero-order chi connectivity index (χ0) is 23.7. The van der Waals surface area contributed by atoms with Gasteiger partial charge in [-0.3, -0.25) is 9.36 Å². The van der Waals surface area contributed by atoms with Gasteiger partial charge in [-0.05, 0) is 55.5 Å². The molecule has 5 aromatic rings. The second kappa shape index (κ2) is 9.19. The van der Waals surface area contributed by atoms with Crippen LogP contribution in [0.1, 0.15) is 11.5 Å². The summed E-state index contributed by atoms with van der Waals surface area (Å²) in [4.78, 5) is 25.1. The van der Waals surface area contributed by atoms with Gasteiger partial charge in [0.2, 0.25) is 5.89 Å². The van der Waals surface area contributed by atoms with E-state index in [9.17, 15) is 4.79 Å². The van der Waals surface area contributed by atoms with Crippen LogP contribution in [0, 0.1) is 6.92 Å². The van der Waals surface area contributed by atoms with Gasteiger partial charge in [0.15, 0.2) is 5.16 Å². The summed E-state index contributed by atoms with van der Waals surface area (Å²) >= 11 is 1.48. The fraction of sp³-hybridized carbons (Fsp3) is 0.148. The first-order valence-electron chi connectivity index (χ1n) is 11.0. The van der Waals surface area contributed by atoms with E-state index in [0.29, 0.717) is 27.7 Å². The van der Waals surface area contributed by atoms with Crippen molar-refractivity contribution in [3.8, 4) is 17.1 Å². The normalized spacial score (nSPS) is 11.1. The molecule has 0 aliphatic carbocycles. The lowest BCUT2D eigenvalue weighted by Gasteiger charge is -2.16. The molecular weight excluding hydrogens is 444 g/mol. The highest BCUT2D eigenvalue weighted by atomic mass is 32.2. The molecule has 0 unspecified atom stereocenters. The van der Waals surface area contributed by atoms with Crippen LogP contribution < -0.4 is 10.5 Å². The molecule has 5 rings (SSSR count). The topological polar surface area (TPSA) is 64.2 Å². The minimum atomic E-state index is -0.0902. The number of hydrogen-bond acceptors (Lipinski definition) is 6. The van der Waals surface area contributed by atoms with Gasteiger partial charge >= 0.3 is 0 Å². The SMILES string of the molecule is Cc1oc(-c2ccccc2)nc1CSc1nc2ccccc2c(=O)n1-c1ccc(N(C)C)cc1. The lowest BCUT2D eigenvalue weighted by atomic mass is 10.2. The van der Waals surface area contributed by atoms with E-state index >= 15 is 0 Å². The van der Waals surface area contributed by atoms with Crippen LogP contribution in [0.2, 0.25) is 0 Å². The number of aromatic nitrogens is 3. The molecule has 2 aromatic heterocycles. The summed E-state index contributed by atoms with van der Waals surface area (Å²) < 4.78 is 7.60. The van der Waals surface area contributed by atoms with Crippen molar-refractivity contribution in [3.63, 3.8) is 0 Å². The van der Waals surface area contributed by atoms with Gasteiger partial charge in [0.05, 0.1) is 22.3 Å². The number of aryl methyl sites for hydroxylation is 1. The molecule has 34 heavy (non-hydrogen) atoms. The van der Waals surface area contributed by atoms with Crippen molar-refractivity contribution in [1.29, 1.82) is 0 Å². The van der Waals surface area contributed by atoms with Gasteiger partial charge in [0, 0.05) is 31.1 Å². The molecule has 7 heteroatoms. The van der Waals surface area contributed by atoms with E-state index in [-0.39, 0.29) is 5.56 Å². The fourth-order valence-electron chi connectivity index (χ4n) is 3.74. The van der Waals surface area contributed by atoms with Gasteiger partial charge in [-0.25, -0.2) is 9.97 Å². The van der Waals surface area contributed by atoms with E-state index in [4.69, 9.17) is 14.4 Å². The molecule has 0 radical (unpaired) electrons. The Morgan fingerprint density at radius 1 is 0.912 bits per heavy atom. The number of thioether (sulfide) groups is 1. The average molecular weight is 469 g/mol. The minimum Gasteiger partial charge on any atom is -0.441 e. The monoisotopic (exact) mass is 468 g/mol. The molecule has 0 fully saturated rings. The summed E-state index contributed by atoms with van der Waals surface area (Å²) in [6.07, 6.45) is 0. The average Bonchev–Trinajstić information content (AvgIpc) is 3.24. The Kier molecular flexibility index (Phi) is 5.94. The smallest absolute Gasteiger partial charge is 0.266 e. The lowest BCUT2D eigenvalue weighted by Crippen LogP contribution is -2.22. The molecule has 2 heterocycles. The number of hydrogen-bond donors (Lipinski definition) is 0. The van der Waals surface area contributed by atoms with Gasteiger partial charge in [0.1, 0.15) is 5.76 Å². The summed E-state index contributed by atoms with van der Waals surface area (Å²) in [7, 11) is 3.98. The maximum atomic E-state index is 13.5. The van der Waals surface area contributed by atoms with Crippen LogP contribution in [-0.4, -0.2) is 28.6 Å². The van der Waals surface area contributed by atoms with Gasteiger partial charge in [-0.1, -0.05) is 42.1 Å². The van der Waals surface area contributed by atoms with E-state index in [1.807, 2.05) is 105 Å². The van der Waals surface area contributed by atoms with E-state index in [1.165, 1.54) is 11.8 Å². The number of rotatable bonds is 6. The Labute approximate surface area is 201 Å². The van der Waals surface area contributed by atoms with Gasteiger partial charge < -0.3 is 9.32 Å². The number of oxazole rings is 1. The Hall–Kier alpha value is -3.84. The zero-order valence-electron chi connectivity index (χ0n) is 19.2. The van der Waals surface area contributed by atoms with Gasteiger partial charge in [0.25, 0.3) is 5.56 Å². The van der Waals surface area contributed by atoms with Crippen LogP contribution in [0.15, 0.2) is 93.2 Å². The largest absolute Gasteiger partial charge is 0.441 e. The molecule has 0 aliphatic heterocycles. The molecule has 0 saturated heterocycles. The molecule has 0 N–H and O–H groups in total. The van der Waals surface area contributed by atoms with E-state index in [0.717, 1.165) is 28.4 Å². The van der Waals surface area contributed by atoms with Crippen LogP contribution in [0.5, 0.6) is 0 Å². The van der Waals surface area contributed by atoms with Crippen molar-refractivity contribution in [3.05, 3.63) is 101 Å². The Balaban J connectivity index is 1.54. The Bertz CT molecular complexity index is 1510. The van der Waals surface area contributed by atoms with Crippen LogP contribution in [-0.2, 0) is 5.75 Å². The number of fused-ring (bicyclic) bond motifs is 1. The molecule has 3 aromatic carbocycles. The maximum Gasteiger partial charge on any atom is 0.266 e. The van der Waals surface area contributed by atoms with E-state index in [2.05, 4.69) is 0 Å². The molecule has 0 amide bonds. The van der Waals surface area contributed by atoms with Crippen LogP contribution in [0.25, 0.3) is 28.0 Å². The van der Waals surface area contributed by atoms with Crippen molar-refractivity contribution in [1.82, 2.24) is 14.5 Å². The standard InChI is InChI=1S/C27H24N4O2S/c1-18-24(28-25(33-18)19-9-5-4-6-10-19)17-34-27-29-23-12-8-7-11-22(23)26(32)31(27)21-15-13-20(14-16-21)30(2)3/h4-16H,17H2,1-3H3. The maximum absolute atomic E-state index is 13.5. The summed E-state index contributed by atoms with van der Waals surface area (Å²) in [6.45, 7) is 1.91. The van der Waals surface area contributed by atoms with Crippen molar-refractivity contribution in [2.24, 2.45) is 0 Å². The Morgan fingerprint density at radius 2 is 1.62 bits per heavy atom. The van der Waals surface area contributed by atoms with Crippen molar-refractivity contribution >= 4 is 28.4 Å². The van der Waals surface area contributed by atoms with E-state index < -0.39 is 0 Å².